The minimum atomic E-state index is -0.157. The van der Waals surface area contributed by atoms with Crippen LogP contribution in [0.4, 0.5) is 0 Å². The maximum absolute atomic E-state index is 11.3. The Morgan fingerprint density at radius 2 is 1.93 bits per heavy atom. The van der Waals surface area contributed by atoms with Gasteiger partial charge >= 0.3 is 0 Å². The van der Waals surface area contributed by atoms with Crippen LogP contribution in [0.1, 0.15) is 25.5 Å². The fourth-order valence-electron chi connectivity index (χ4n) is 1.17. The van der Waals surface area contributed by atoms with Gasteiger partial charge in [0.1, 0.15) is 5.75 Å². The van der Waals surface area contributed by atoms with E-state index in [1.807, 2.05) is 6.92 Å². The first kappa shape index (κ1) is 11.3. The number of phenols is 1. The van der Waals surface area contributed by atoms with Crippen molar-refractivity contribution in [2.75, 3.05) is 0 Å². The lowest BCUT2D eigenvalue weighted by Crippen LogP contribution is -2.26. The fourth-order valence-corrected chi connectivity index (χ4v) is 1.17. The third-order valence-electron chi connectivity index (χ3n) is 2.13. The van der Waals surface area contributed by atoms with Crippen LogP contribution in [0.25, 0.3) is 0 Å². The van der Waals surface area contributed by atoms with Crippen molar-refractivity contribution < 1.29 is 9.90 Å². The van der Waals surface area contributed by atoms with Crippen LogP contribution in [0, 0.1) is 0 Å². The van der Waals surface area contributed by atoms with Crippen LogP contribution in [0.5, 0.6) is 5.75 Å². The summed E-state index contributed by atoms with van der Waals surface area (Å²) in [5.74, 6) is 0.0627. The normalized spacial score (nSPS) is 11.9. The van der Waals surface area contributed by atoms with Crippen molar-refractivity contribution in [3.8, 4) is 5.75 Å². The van der Waals surface area contributed by atoms with E-state index in [1.54, 1.807) is 31.2 Å². The van der Waals surface area contributed by atoms with Gasteiger partial charge in [-0.05, 0) is 31.5 Å². The minimum absolute atomic E-state index is 0.0881. The van der Waals surface area contributed by atoms with Crippen molar-refractivity contribution in [2.24, 2.45) is 0 Å². The Morgan fingerprint density at radius 1 is 1.40 bits per heavy atom. The van der Waals surface area contributed by atoms with Crippen LogP contribution < -0.4 is 5.32 Å². The zero-order valence-corrected chi connectivity index (χ0v) is 8.95. The number of aromatic hydroxyl groups is 1. The molecule has 0 aromatic heterocycles. The molecule has 3 heteroatoms. The molecule has 0 saturated heterocycles. The number of carbonyl (C=O) groups excluding carboxylic acids is 1. The molecule has 0 spiro atoms. The second-order valence-corrected chi connectivity index (χ2v) is 3.57. The van der Waals surface area contributed by atoms with Gasteiger partial charge in [-0.2, -0.15) is 0 Å². The molecule has 0 heterocycles. The molecule has 3 nitrogen and oxygen atoms in total. The molecule has 0 aliphatic carbocycles. The van der Waals surface area contributed by atoms with Crippen LogP contribution >= 0.6 is 0 Å². The lowest BCUT2D eigenvalue weighted by molar-refractivity contribution is -0.118. The van der Waals surface area contributed by atoms with E-state index in [4.69, 9.17) is 5.11 Å². The molecular formula is C12H15NO2. The zero-order valence-electron chi connectivity index (χ0n) is 8.95. The van der Waals surface area contributed by atoms with Gasteiger partial charge < -0.3 is 10.4 Å². The van der Waals surface area contributed by atoms with E-state index in [0.717, 1.165) is 5.56 Å². The molecule has 1 rings (SSSR count). The highest BCUT2D eigenvalue weighted by Gasteiger charge is 2.09. The molecule has 1 aromatic carbocycles. The molecular weight excluding hydrogens is 190 g/mol. The van der Waals surface area contributed by atoms with Gasteiger partial charge in [0.15, 0.2) is 0 Å². The lowest BCUT2D eigenvalue weighted by Gasteiger charge is -2.14. The first-order chi connectivity index (χ1) is 7.00. The van der Waals surface area contributed by atoms with Gasteiger partial charge in [0.25, 0.3) is 0 Å². The van der Waals surface area contributed by atoms with E-state index in [9.17, 15) is 4.79 Å². The van der Waals surface area contributed by atoms with E-state index >= 15 is 0 Å². The van der Waals surface area contributed by atoms with Crippen LogP contribution in [0.15, 0.2) is 36.4 Å². The Balaban J connectivity index is 2.69. The largest absolute Gasteiger partial charge is 0.508 e. The van der Waals surface area contributed by atoms with E-state index in [1.165, 1.54) is 0 Å². The van der Waals surface area contributed by atoms with E-state index in [-0.39, 0.29) is 17.7 Å². The van der Waals surface area contributed by atoms with Crippen molar-refractivity contribution in [1.29, 1.82) is 0 Å². The first-order valence-electron chi connectivity index (χ1n) is 4.76. The molecule has 15 heavy (non-hydrogen) atoms. The van der Waals surface area contributed by atoms with Crippen molar-refractivity contribution in [3.63, 3.8) is 0 Å². The Kier molecular flexibility index (Phi) is 3.50. The second kappa shape index (κ2) is 4.64. The number of benzene rings is 1. The average Bonchev–Trinajstić information content (AvgIpc) is 2.18. The van der Waals surface area contributed by atoms with Crippen LogP contribution in [0.3, 0.4) is 0 Å². The molecule has 1 atom stereocenters. The van der Waals surface area contributed by atoms with Crippen LogP contribution in [-0.2, 0) is 4.79 Å². The molecule has 1 unspecified atom stereocenters. The molecule has 80 valence electrons. The highest BCUT2D eigenvalue weighted by Crippen LogP contribution is 2.16. The van der Waals surface area contributed by atoms with Crippen molar-refractivity contribution in [2.45, 2.75) is 19.9 Å². The lowest BCUT2D eigenvalue weighted by atomic mass is 10.1. The summed E-state index contributed by atoms with van der Waals surface area (Å²) in [6, 6.07) is 6.66. The Bertz CT molecular complexity index is 368. The highest BCUT2D eigenvalue weighted by atomic mass is 16.3. The number of amides is 1. The molecule has 0 fully saturated rings. The summed E-state index contributed by atoms with van der Waals surface area (Å²) >= 11 is 0. The number of carbonyl (C=O) groups is 1. The van der Waals surface area contributed by atoms with Crippen molar-refractivity contribution >= 4 is 5.91 Å². The first-order valence-corrected chi connectivity index (χ1v) is 4.76. The SMILES string of the molecule is C=C(C)C(=O)NC(C)c1ccc(O)cc1. The molecule has 0 saturated carbocycles. The summed E-state index contributed by atoms with van der Waals surface area (Å²) in [4.78, 5) is 11.3. The smallest absolute Gasteiger partial charge is 0.246 e. The molecule has 2 N–H and O–H groups in total. The van der Waals surface area contributed by atoms with Gasteiger partial charge in [-0.1, -0.05) is 18.7 Å². The summed E-state index contributed by atoms with van der Waals surface area (Å²) in [5.41, 5.74) is 1.43. The quantitative estimate of drug-likeness (QED) is 0.743. The van der Waals surface area contributed by atoms with Crippen LogP contribution in [-0.4, -0.2) is 11.0 Å². The monoisotopic (exact) mass is 205 g/mol. The molecule has 0 bridgehead atoms. The van der Waals surface area contributed by atoms with Gasteiger partial charge in [0.05, 0.1) is 6.04 Å². The van der Waals surface area contributed by atoms with Crippen LogP contribution in [0.2, 0.25) is 0 Å². The number of rotatable bonds is 3. The minimum Gasteiger partial charge on any atom is -0.508 e. The number of nitrogens with one attached hydrogen (secondary N) is 1. The molecule has 1 amide bonds. The second-order valence-electron chi connectivity index (χ2n) is 3.57. The third kappa shape index (κ3) is 3.13. The fraction of sp³-hybridized carbons (Fsp3) is 0.250. The average molecular weight is 205 g/mol. The standard InChI is InChI=1S/C12H15NO2/c1-8(2)12(15)13-9(3)10-4-6-11(14)7-5-10/h4-7,9,14H,1H2,2-3H3,(H,13,15). The summed E-state index contributed by atoms with van der Waals surface area (Å²) in [7, 11) is 0. The molecule has 0 aliphatic heterocycles. The third-order valence-corrected chi connectivity index (χ3v) is 2.13. The van der Waals surface area contributed by atoms with Gasteiger partial charge in [-0.15, -0.1) is 0 Å². The summed E-state index contributed by atoms with van der Waals surface area (Å²) in [5, 5.41) is 11.9. The molecule has 0 radical (unpaired) electrons. The van der Waals surface area contributed by atoms with Gasteiger partial charge in [0.2, 0.25) is 5.91 Å². The Hall–Kier alpha value is -1.77. The molecule has 1 aromatic rings. The maximum atomic E-state index is 11.3. The zero-order chi connectivity index (χ0) is 11.4. The van der Waals surface area contributed by atoms with Gasteiger partial charge in [-0.3, -0.25) is 4.79 Å². The Morgan fingerprint density at radius 3 is 2.40 bits per heavy atom. The number of hydrogen-bond acceptors (Lipinski definition) is 2. The summed E-state index contributed by atoms with van der Waals surface area (Å²) < 4.78 is 0. The van der Waals surface area contributed by atoms with Gasteiger partial charge in [-0.25, -0.2) is 0 Å². The van der Waals surface area contributed by atoms with E-state index in [2.05, 4.69) is 11.9 Å². The number of hydrogen-bond donors (Lipinski definition) is 2. The Labute approximate surface area is 89.4 Å². The van der Waals surface area contributed by atoms with Crippen molar-refractivity contribution in [1.82, 2.24) is 5.32 Å². The summed E-state index contributed by atoms with van der Waals surface area (Å²) in [6.45, 7) is 7.11. The predicted molar refractivity (Wildman–Crippen MR) is 59.5 cm³/mol. The van der Waals surface area contributed by atoms with Crippen molar-refractivity contribution in [3.05, 3.63) is 42.0 Å². The predicted octanol–water partition coefficient (Wildman–Crippen LogP) is 2.15. The highest BCUT2D eigenvalue weighted by molar-refractivity contribution is 5.92. The maximum Gasteiger partial charge on any atom is 0.246 e. The summed E-state index contributed by atoms with van der Waals surface area (Å²) in [6.07, 6.45) is 0. The number of phenolic OH excluding ortho intramolecular Hbond substituents is 1. The molecule has 0 aliphatic rings. The topological polar surface area (TPSA) is 49.3 Å². The van der Waals surface area contributed by atoms with E-state index < -0.39 is 0 Å². The van der Waals surface area contributed by atoms with E-state index in [0.29, 0.717) is 5.57 Å². The van der Waals surface area contributed by atoms with Gasteiger partial charge in [0, 0.05) is 5.57 Å².